The van der Waals surface area contributed by atoms with Gasteiger partial charge in [0.25, 0.3) is 0 Å². The minimum atomic E-state index is -4.77. The number of nitrogens with zero attached hydrogens (tertiary/aromatic N) is 3. The summed E-state index contributed by atoms with van der Waals surface area (Å²) < 4.78 is 50.1. The number of nitrogens with two attached hydrogens (primary N) is 2. The molecule has 7 nitrogen and oxygen atoms in total. The van der Waals surface area contributed by atoms with Crippen LogP contribution < -0.4 is 20.9 Å². The van der Waals surface area contributed by atoms with E-state index in [9.17, 15) is 13.2 Å². The maximum atomic E-state index is 12.8. The lowest BCUT2D eigenvalue weighted by molar-refractivity contribution is -0.274. The number of hydrogen-bond donors (Lipinski definition) is 2. The second-order valence-electron chi connectivity index (χ2n) is 10.8. The number of aryl methyl sites for hydroxylation is 1. The Bertz CT molecular complexity index is 1550. The second kappa shape index (κ2) is 15.8. The molecule has 0 atom stereocenters. The van der Waals surface area contributed by atoms with Crippen molar-refractivity contribution in [3.63, 3.8) is 0 Å². The van der Waals surface area contributed by atoms with Gasteiger partial charge in [-0.05, 0) is 71.6 Å². The van der Waals surface area contributed by atoms with Crippen molar-refractivity contribution in [3.8, 4) is 22.6 Å². The molecule has 0 amide bonds. The molecule has 1 aliphatic rings. The lowest BCUT2D eigenvalue weighted by atomic mass is 9.98. The summed E-state index contributed by atoms with van der Waals surface area (Å²) in [5, 5.41) is 1.74. The summed E-state index contributed by atoms with van der Waals surface area (Å²) >= 11 is 6.47. The molecule has 0 unspecified atom stereocenters. The number of halogens is 4. The Hall–Kier alpha value is -3.28. The molecule has 0 saturated carbocycles. The van der Waals surface area contributed by atoms with Crippen LogP contribution in [0.3, 0.4) is 0 Å². The highest BCUT2D eigenvalue weighted by molar-refractivity contribution is 6.31. The topological polar surface area (TPSA) is 81.9 Å². The maximum absolute atomic E-state index is 12.8. The molecule has 2 heterocycles. The number of fused-ring (bicyclic) bond motifs is 1. The fraction of sp³-hybridized carbons (Fsp3) is 0.412. The highest BCUT2D eigenvalue weighted by Gasteiger charge is 2.31. The Morgan fingerprint density at radius 2 is 1.51 bits per heavy atom. The van der Waals surface area contributed by atoms with Gasteiger partial charge in [-0.3, -0.25) is 9.80 Å². The number of methoxy groups -OCH3 is 1. The molecule has 0 bridgehead atoms. The molecule has 1 fully saturated rings. The predicted octanol–water partition coefficient (Wildman–Crippen LogP) is 7.02. The summed E-state index contributed by atoms with van der Waals surface area (Å²) in [6.45, 7) is 10.7. The van der Waals surface area contributed by atoms with Gasteiger partial charge in [0.05, 0.1) is 7.11 Å². The fourth-order valence-electron chi connectivity index (χ4n) is 5.69. The number of alkyl halides is 3. The average molecular weight is 646 g/mol. The third-order valence-corrected chi connectivity index (χ3v) is 8.25. The van der Waals surface area contributed by atoms with Gasteiger partial charge in [-0.25, -0.2) is 0 Å². The zero-order valence-corrected chi connectivity index (χ0v) is 26.9. The highest BCUT2D eigenvalue weighted by Crippen LogP contribution is 2.36. The van der Waals surface area contributed by atoms with Crippen LogP contribution in [0.25, 0.3) is 22.0 Å². The van der Waals surface area contributed by atoms with Crippen LogP contribution in [-0.2, 0) is 26.2 Å². The van der Waals surface area contributed by atoms with Gasteiger partial charge in [-0.2, -0.15) is 0 Å². The molecule has 11 heteroatoms. The lowest BCUT2D eigenvalue weighted by Gasteiger charge is -2.35. The summed E-state index contributed by atoms with van der Waals surface area (Å²) in [6, 6.07) is 16.6. The van der Waals surface area contributed by atoms with Crippen molar-refractivity contribution in [2.45, 2.75) is 52.8 Å². The second-order valence-corrected chi connectivity index (χ2v) is 11.2. The largest absolute Gasteiger partial charge is 0.573 e. The van der Waals surface area contributed by atoms with Gasteiger partial charge in [-0.15, -0.1) is 13.2 Å². The van der Waals surface area contributed by atoms with Gasteiger partial charge < -0.3 is 25.5 Å². The summed E-state index contributed by atoms with van der Waals surface area (Å²) in [5.41, 5.74) is 17.4. The molecule has 4 aromatic rings. The molecule has 45 heavy (non-hydrogen) atoms. The van der Waals surface area contributed by atoms with Gasteiger partial charge in [0, 0.05) is 80.0 Å². The lowest BCUT2D eigenvalue weighted by Crippen LogP contribution is -2.45. The van der Waals surface area contributed by atoms with Gasteiger partial charge in [0.2, 0.25) is 0 Å². The van der Waals surface area contributed by atoms with E-state index < -0.39 is 6.36 Å². The van der Waals surface area contributed by atoms with Crippen molar-refractivity contribution in [1.82, 2.24) is 14.4 Å². The van der Waals surface area contributed by atoms with Gasteiger partial charge in [0.1, 0.15) is 11.5 Å². The Kier molecular flexibility index (Phi) is 12.2. The molecular formula is C34H43ClF3N5O2. The molecular weight excluding hydrogens is 603 g/mol. The molecule has 3 aromatic carbocycles. The standard InChI is InChI=1S/C32H37ClF3N5O2.C2H6/c1-42-25-5-4-23(30(33)17-25)20-40-13-11-39(12-14-40)19-22-3-8-31-28(15-22)29(21-41(31)10-2-9-37)27-7-6-26(16-24(27)18-38)43-32(34,35)36;1-2/h3-8,15-17,21H,2,9-14,18-20,37-38H2,1H3;1-2H3. The van der Waals surface area contributed by atoms with Crippen molar-refractivity contribution < 1.29 is 22.6 Å². The van der Waals surface area contributed by atoms with Crippen LogP contribution in [0.15, 0.2) is 60.8 Å². The van der Waals surface area contributed by atoms with E-state index in [0.717, 1.165) is 85.6 Å². The predicted molar refractivity (Wildman–Crippen MR) is 176 cm³/mol. The molecule has 0 radical (unpaired) electrons. The van der Waals surface area contributed by atoms with Crippen molar-refractivity contribution in [2.24, 2.45) is 11.5 Å². The average Bonchev–Trinajstić information content (AvgIpc) is 3.39. The number of ether oxygens (including phenoxy) is 2. The van der Waals surface area contributed by atoms with E-state index in [4.69, 9.17) is 27.8 Å². The fourth-order valence-corrected chi connectivity index (χ4v) is 5.92. The minimum Gasteiger partial charge on any atom is -0.497 e. The van der Waals surface area contributed by atoms with E-state index in [1.165, 1.54) is 17.7 Å². The summed E-state index contributed by atoms with van der Waals surface area (Å²) in [6.07, 6.45) is -1.92. The molecule has 244 valence electrons. The van der Waals surface area contributed by atoms with Gasteiger partial charge >= 0.3 is 6.36 Å². The molecule has 4 N–H and O–H groups in total. The number of rotatable bonds is 11. The molecule has 1 saturated heterocycles. The zero-order valence-electron chi connectivity index (χ0n) is 26.2. The zero-order chi connectivity index (χ0) is 32.6. The normalized spacial score (nSPS) is 14.3. The third-order valence-electron chi connectivity index (χ3n) is 7.89. The quantitative estimate of drug-likeness (QED) is 0.182. The van der Waals surface area contributed by atoms with Crippen molar-refractivity contribution >= 4 is 22.5 Å². The van der Waals surface area contributed by atoms with Crippen molar-refractivity contribution in [3.05, 3.63) is 82.5 Å². The number of aromatic nitrogens is 1. The first-order chi connectivity index (χ1) is 21.7. The third kappa shape index (κ3) is 8.92. The van der Waals surface area contributed by atoms with Crippen LogP contribution in [-0.4, -0.2) is 60.6 Å². The van der Waals surface area contributed by atoms with Gasteiger partial charge in [0.15, 0.2) is 0 Å². The van der Waals surface area contributed by atoms with Crippen LogP contribution in [0.5, 0.6) is 11.5 Å². The molecule has 0 spiro atoms. The van der Waals surface area contributed by atoms with Crippen LogP contribution in [0.4, 0.5) is 13.2 Å². The van der Waals surface area contributed by atoms with E-state index in [0.29, 0.717) is 17.1 Å². The van der Waals surface area contributed by atoms with E-state index in [2.05, 4.69) is 37.3 Å². The molecule has 5 rings (SSSR count). The first-order valence-electron chi connectivity index (χ1n) is 15.4. The van der Waals surface area contributed by atoms with Crippen molar-refractivity contribution in [1.29, 1.82) is 0 Å². The van der Waals surface area contributed by atoms with Crippen molar-refractivity contribution in [2.75, 3.05) is 39.8 Å². The smallest absolute Gasteiger partial charge is 0.497 e. The maximum Gasteiger partial charge on any atom is 0.573 e. The first kappa shape index (κ1) is 34.6. The molecule has 1 aliphatic heterocycles. The van der Waals surface area contributed by atoms with E-state index in [1.807, 2.05) is 38.2 Å². The molecule has 0 aliphatic carbocycles. The van der Waals surface area contributed by atoms with E-state index in [1.54, 1.807) is 13.2 Å². The van der Waals surface area contributed by atoms with Crippen LogP contribution in [0.2, 0.25) is 5.02 Å². The van der Waals surface area contributed by atoms with Crippen LogP contribution in [0, 0.1) is 0 Å². The summed E-state index contributed by atoms with van der Waals surface area (Å²) in [7, 11) is 1.63. The van der Waals surface area contributed by atoms with Crippen LogP contribution >= 0.6 is 11.6 Å². The monoisotopic (exact) mass is 645 g/mol. The SMILES string of the molecule is CC.COc1ccc(CN2CCN(Cc3ccc4c(c3)c(-c3ccc(OC(F)(F)F)cc3CN)cn4CCCN)CC2)c(Cl)c1. The first-order valence-corrected chi connectivity index (χ1v) is 15.7. The Balaban J connectivity index is 0.00000226. The minimum absolute atomic E-state index is 0.0750. The van der Waals surface area contributed by atoms with E-state index >= 15 is 0 Å². The van der Waals surface area contributed by atoms with E-state index in [-0.39, 0.29) is 12.3 Å². The highest BCUT2D eigenvalue weighted by atomic mass is 35.5. The molecule has 1 aromatic heterocycles. The Morgan fingerprint density at radius 3 is 2.13 bits per heavy atom. The summed E-state index contributed by atoms with van der Waals surface area (Å²) in [4.78, 5) is 4.84. The number of benzene rings is 3. The Labute approximate surface area is 268 Å². The number of hydrogen-bond acceptors (Lipinski definition) is 6. The Morgan fingerprint density at radius 1 is 0.822 bits per heavy atom. The summed E-state index contributed by atoms with van der Waals surface area (Å²) in [5.74, 6) is 0.470. The van der Waals surface area contributed by atoms with Gasteiger partial charge in [-0.1, -0.05) is 43.6 Å². The number of piperazine rings is 1. The van der Waals surface area contributed by atoms with Crippen LogP contribution in [0.1, 0.15) is 37.0 Å².